The monoisotopic (exact) mass is 213 g/mol. The van der Waals surface area contributed by atoms with E-state index in [1.54, 1.807) is 0 Å². The molecule has 2 unspecified atom stereocenters. The molecular formula is C11H13ClFN. The van der Waals surface area contributed by atoms with Crippen molar-refractivity contribution in [1.29, 1.82) is 0 Å². The molecule has 3 heteroatoms. The zero-order valence-electron chi connectivity index (χ0n) is 8.06. The number of anilines is 1. The first-order chi connectivity index (χ1) is 6.66. The van der Waals surface area contributed by atoms with Crippen molar-refractivity contribution in [2.75, 3.05) is 5.32 Å². The average molecular weight is 214 g/mol. The molecule has 1 aliphatic carbocycles. The lowest BCUT2D eigenvalue weighted by molar-refractivity contribution is 0.186. The van der Waals surface area contributed by atoms with E-state index in [9.17, 15) is 4.39 Å². The van der Waals surface area contributed by atoms with Crippen molar-refractivity contribution < 1.29 is 4.39 Å². The predicted octanol–water partition coefficient (Wildman–Crippen LogP) is 3.56. The van der Waals surface area contributed by atoms with Crippen LogP contribution < -0.4 is 5.32 Å². The Morgan fingerprint density at radius 3 is 2.71 bits per heavy atom. The van der Waals surface area contributed by atoms with Gasteiger partial charge >= 0.3 is 0 Å². The number of aryl methyl sites for hydroxylation is 1. The average Bonchev–Trinajstić information content (AvgIpc) is 2.17. The first-order valence-corrected chi connectivity index (χ1v) is 5.21. The molecule has 0 aromatic heterocycles. The van der Waals surface area contributed by atoms with Gasteiger partial charge in [0.1, 0.15) is 6.17 Å². The molecule has 0 radical (unpaired) electrons. The van der Waals surface area contributed by atoms with Crippen molar-refractivity contribution in [2.45, 2.75) is 32.0 Å². The van der Waals surface area contributed by atoms with Gasteiger partial charge in [0.05, 0.1) is 6.04 Å². The molecule has 1 fully saturated rings. The second kappa shape index (κ2) is 3.77. The highest BCUT2D eigenvalue weighted by Crippen LogP contribution is 2.28. The van der Waals surface area contributed by atoms with Crippen LogP contribution in [0, 0.1) is 6.92 Å². The molecule has 2 atom stereocenters. The number of hydrogen-bond donors (Lipinski definition) is 1. The Hall–Kier alpha value is -0.760. The Kier molecular flexibility index (Phi) is 2.64. The van der Waals surface area contributed by atoms with Crippen molar-refractivity contribution in [1.82, 2.24) is 0 Å². The lowest BCUT2D eigenvalue weighted by atomic mass is 9.90. The van der Waals surface area contributed by atoms with Gasteiger partial charge < -0.3 is 5.32 Å². The van der Waals surface area contributed by atoms with Gasteiger partial charge in [0.25, 0.3) is 0 Å². The normalized spacial score (nSPS) is 25.6. The van der Waals surface area contributed by atoms with Crippen molar-refractivity contribution >= 4 is 17.3 Å². The van der Waals surface area contributed by atoms with E-state index in [-0.39, 0.29) is 6.04 Å². The van der Waals surface area contributed by atoms with E-state index >= 15 is 0 Å². The number of alkyl halides is 1. The van der Waals surface area contributed by atoms with E-state index in [2.05, 4.69) is 5.32 Å². The third kappa shape index (κ3) is 1.85. The molecular weight excluding hydrogens is 201 g/mol. The molecule has 1 aliphatic rings. The highest BCUT2D eigenvalue weighted by atomic mass is 35.5. The summed E-state index contributed by atoms with van der Waals surface area (Å²) in [5, 5.41) is 3.91. The van der Waals surface area contributed by atoms with Gasteiger partial charge in [-0.05, 0) is 43.5 Å². The number of benzene rings is 1. The number of nitrogens with one attached hydrogen (secondary N) is 1. The SMILES string of the molecule is Cc1cc(NC2CCC2F)ccc1Cl. The van der Waals surface area contributed by atoms with Gasteiger partial charge in [0.2, 0.25) is 0 Å². The van der Waals surface area contributed by atoms with E-state index in [1.165, 1.54) is 0 Å². The third-order valence-corrected chi connectivity index (χ3v) is 3.12. The summed E-state index contributed by atoms with van der Waals surface area (Å²) in [6.07, 6.45) is 0.915. The zero-order chi connectivity index (χ0) is 10.1. The highest BCUT2D eigenvalue weighted by Gasteiger charge is 2.30. The second-order valence-corrected chi connectivity index (χ2v) is 4.22. The number of rotatable bonds is 2. The lowest BCUT2D eigenvalue weighted by Crippen LogP contribution is -2.39. The maximum Gasteiger partial charge on any atom is 0.120 e. The molecule has 0 bridgehead atoms. The Morgan fingerprint density at radius 2 is 2.21 bits per heavy atom. The van der Waals surface area contributed by atoms with Gasteiger partial charge in [-0.25, -0.2) is 4.39 Å². The molecule has 0 spiro atoms. The Bertz CT molecular complexity index is 340. The molecule has 14 heavy (non-hydrogen) atoms. The largest absolute Gasteiger partial charge is 0.379 e. The highest BCUT2D eigenvalue weighted by molar-refractivity contribution is 6.31. The van der Waals surface area contributed by atoms with Crippen LogP contribution in [0.1, 0.15) is 18.4 Å². The van der Waals surface area contributed by atoms with E-state index in [0.717, 1.165) is 22.7 Å². The first-order valence-electron chi connectivity index (χ1n) is 4.83. The maximum absolute atomic E-state index is 13.0. The van der Waals surface area contributed by atoms with Crippen LogP contribution in [-0.4, -0.2) is 12.2 Å². The standard InChI is InChI=1S/C11H13ClFN/c1-7-6-8(2-3-9(7)12)14-11-5-4-10(11)13/h2-3,6,10-11,14H,4-5H2,1H3. The van der Waals surface area contributed by atoms with Gasteiger partial charge in [-0.15, -0.1) is 0 Å². The fourth-order valence-corrected chi connectivity index (χ4v) is 1.69. The van der Waals surface area contributed by atoms with Crippen LogP contribution in [0.4, 0.5) is 10.1 Å². The van der Waals surface area contributed by atoms with Crippen LogP contribution in [0.2, 0.25) is 5.02 Å². The topological polar surface area (TPSA) is 12.0 Å². The molecule has 1 saturated carbocycles. The minimum absolute atomic E-state index is 0.00410. The number of halogens is 2. The Balaban J connectivity index is 2.06. The number of hydrogen-bond acceptors (Lipinski definition) is 1. The van der Waals surface area contributed by atoms with Gasteiger partial charge in [-0.1, -0.05) is 11.6 Å². The summed E-state index contributed by atoms with van der Waals surface area (Å²) in [5.74, 6) is 0. The van der Waals surface area contributed by atoms with Crippen molar-refractivity contribution in [3.8, 4) is 0 Å². The second-order valence-electron chi connectivity index (χ2n) is 3.81. The quantitative estimate of drug-likeness (QED) is 0.792. The molecule has 1 nitrogen and oxygen atoms in total. The molecule has 2 rings (SSSR count). The summed E-state index contributed by atoms with van der Waals surface area (Å²) < 4.78 is 13.0. The van der Waals surface area contributed by atoms with E-state index in [4.69, 9.17) is 11.6 Å². The minimum atomic E-state index is -0.689. The fourth-order valence-electron chi connectivity index (χ4n) is 1.57. The van der Waals surface area contributed by atoms with Gasteiger partial charge in [-0.3, -0.25) is 0 Å². The smallest absolute Gasteiger partial charge is 0.120 e. The molecule has 0 heterocycles. The molecule has 0 amide bonds. The molecule has 1 N–H and O–H groups in total. The van der Waals surface area contributed by atoms with Crippen molar-refractivity contribution in [3.05, 3.63) is 28.8 Å². The zero-order valence-corrected chi connectivity index (χ0v) is 8.81. The molecule has 1 aromatic rings. The summed E-state index contributed by atoms with van der Waals surface area (Å²) >= 11 is 5.89. The summed E-state index contributed by atoms with van der Waals surface area (Å²) in [4.78, 5) is 0. The maximum atomic E-state index is 13.0. The van der Waals surface area contributed by atoms with Gasteiger partial charge in [-0.2, -0.15) is 0 Å². The molecule has 0 aliphatic heterocycles. The van der Waals surface area contributed by atoms with Crippen molar-refractivity contribution in [3.63, 3.8) is 0 Å². The van der Waals surface area contributed by atoms with Crippen molar-refractivity contribution in [2.24, 2.45) is 0 Å². The lowest BCUT2D eigenvalue weighted by Gasteiger charge is -2.32. The first kappa shape index (κ1) is 9.78. The van der Waals surface area contributed by atoms with Crippen LogP contribution in [-0.2, 0) is 0 Å². The van der Waals surface area contributed by atoms with Crippen LogP contribution in [0.3, 0.4) is 0 Å². The van der Waals surface area contributed by atoms with E-state index in [0.29, 0.717) is 6.42 Å². The Morgan fingerprint density at radius 1 is 1.43 bits per heavy atom. The third-order valence-electron chi connectivity index (χ3n) is 2.70. The summed E-state index contributed by atoms with van der Waals surface area (Å²) in [7, 11) is 0. The van der Waals surface area contributed by atoms with Crippen LogP contribution in [0.5, 0.6) is 0 Å². The minimum Gasteiger partial charge on any atom is -0.379 e. The Labute approximate surface area is 88.3 Å². The van der Waals surface area contributed by atoms with E-state index in [1.807, 2.05) is 25.1 Å². The molecule has 0 saturated heterocycles. The van der Waals surface area contributed by atoms with Gasteiger partial charge in [0.15, 0.2) is 0 Å². The summed E-state index contributed by atoms with van der Waals surface area (Å²) in [6, 6.07) is 5.68. The summed E-state index contributed by atoms with van der Waals surface area (Å²) in [6.45, 7) is 1.95. The molecule has 1 aromatic carbocycles. The van der Waals surface area contributed by atoms with E-state index < -0.39 is 6.17 Å². The van der Waals surface area contributed by atoms with Crippen LogP contribution in [0.25, 0.3) is 0 Å². The van der Waals surface area contributed by atoms with Gasteiger partial charge in [0, 0.05) is 10.7 Å². The molecule has 76 valence electrons. The summed E-state index contributed by atoms with van der Waals surface area (Å²) in [5.41, 5.74) is 1.98. The van der Waals surface area contributed by atoms with Crippen LogP contribution >= 0.6 is 11.6 Å². The fraction of sp³-hybridized carbons (Fsp3) is 0.455. The predicted molar refractivity (Wildman–Crippen MR) is 57.7 cm³/mol. The van der Waals surface area contributed by atoms with Crippen LogP contribution in [0.15, 0.2) is 18.2 Å².